The van der Waals surface area contributed by atoms with Crippen molar-refractivity contribution < 1.29 is 13.9 Å². The molecule has 3 unspecified atom stereocenters. The van der Waals surface area contributed by atoms with E-state index in [1.807, 2.05) is 38.1 Å². The zero-order valence-corrected chi connectivity index (χ0v) is 16.8. The highest BCUT2D eigenvalue weighted by Crippen LogP contribution is 2.33. The summed E-state index contributed by atoms with van der Waals surface area (Å²) in [5, 5.41) is 7.75. The van der Waals surface area contributed by atoms with Gasteiger partial charge in [0.2, 0.25) is 5.91 Å². The molecule has 3 atom stereocenters. The number of hydrogen-bond donors (Lipinski definition) is 2. The molecule has 1 aromatic carbocycles. The third kappa shape index (κ3) is 4.41. The number of para-hydroxylation sites is 1. The van der Waals surface area contributed by atoms with Crippen LogP contribution in [0.3, 0.4) is 0 Å². The smallest absolute Gasteiger partial charge is 0.220 e. The molecule has 1 amide bonds. The van der Waals surface area contributed by atoms with E-state index in [2.05, 4.69) is 10.6 Å². The first-order chi connectivity index (χ1) is 12.6. The molecule has 148 valence electrons. The van der Waals surface area contributed by atoms with Gasteiger partial charge in [0.05, 0.1) is 12.6 Å². The highest BCUT2D eigenvalue weighted by atomic mass is 35.5. The van der Waals surface area contributed by atoms with Crippen LogP contribution < -0.4 is 15.4 Å². The van der Waals surface area contributed by atoms with Gasteiger partial charge in [-0.1, -0.05) is 12.1 Å². The Hall–Kier alpha value is -1.72. The summed E-state index contributed by atoms with van der Waals surface area (Å²) in [5.41, 5.74) is 0.750. The molecule has 2 fully saturated rings. The van der Waals surface area contributed by atoms with Crippen molar-refractivity contribution in [2.24, 2.45) is 5.92 Å². The van der Waals surface area contributed by atoms with Crippen LogP contribution in [0.4, 0.5) is 0 Å². The summed E-state index contributed by atoms with van der Waals surface area (Å²) < 4.78 is 11.6. The molecule has 1 aromatic heterocycles. The molecule has 0 aliphatic carbocycles. The van der Waals surface area contributed by atoms with E-state index in [-0.39, 0.29) is 24.4 Å². The maximum absolute atomic E-state index is 12.5. The second-order valence-electron chi connectivity index (χ2n) is 7.72. The minimum atomic E-state index is -0.150. The van der Waals surface area contributed by atoms with Crippen LogP contribution in [-0.2, 0) is 4.79 Å². The lowest BCUT2D eigenvalue weighted by Gasteiger charge is -2.28. The molecule has 3 heterocycles. The monoisotopic (exact) mass is 392 g/mol. The number of nitrogens with one attached hydrogen (secondary N) is 2. The summed E-state index contributed by atoms with van der Waals surface area (Å²) in [6.07, 6.45) is 5.39. The quantitative estimate of drug-likeness (QED) is 0.767. The molecule has 0 saturated carbocycles. The Kier molecular flexibility index (Phi) is 6.33. The van der Waals surface area contributed by atoms with Gasteiger partial charge < -0.3 is 19.8 Å². The van der Waals surface area contributed by atoms with Gasteiger partial charge in [-0.15, -0.1) is 12.4 Å². The molecule has 6 heteroatoms. The third-order valence-corrected chi connectivity index (χ3v) is 5.68. The number of piperidine rings is 1. The van der Waals surface area contributed by atoms with E-state index in [0.717, 1.165) is 35.3 Å². The van der Waals surface area contributed by atoms with Crippen LogP contribution in [0.15, 0.2) is 28.7 Å². The number of furan rings is 1. The van der Waals surface area contributed by atoms with Crippen LogP contribution in [0.1, 0.15) is 57.8 Å². The second-order valence-corrected chi connectivity index (χ2v) is 7.72. The number of carbonyl (C=O) groups excluding carboxylic acids is 1. The Morgan fingerprint density at radius 1 is 1.33 bits per heavy atom. The van der Waals surface area contributed by atoms with Crippen molar-refractivity contribution in [2.75, 3.05) is 6.61 Å². The largest absolute Gasteiger partial charge is 0.490 e. The minimum absolute atomic E-state index is 0. The Labute approximate surface area is 166 Å². The average molecular weight is 393 g/mol. The number of rotatable bonds is 6. The maximum Gasteiger partial charge on any atom is 0.220 e. The minimum Gasteiger partial charge on any atom is -0.490 e. The molecular formula is C21H29ClN2O3. The van der Waals surface area contributed by atoms with E-state index in [0.29, 0.717) is 31.0 Å². The summed E-state index contributed by atoms with van der Waals surface area (Å²) in [6, 6.07) is 8.96. The topological polar surface area (TPSA) is 63.5 Å². The molecule has 0 spiro atoms. The van der Waals surface area contributed by atoms with Gasteiger partial charge >= 0.3 is 0 Å². The standard InChI is InChI=1S/C21H28N2O3.ClH/c1-3-25-18-6-4-5-15-12-19(26-21(15)18)13(2)22-20(24)11-14-9-16-7-8-17(10-14)23-16;/h4-6,12-14,16-17,23H,3,7-11H2,1-2H3,(H,22,24);1H. The molecule has 5 nitrogen and oxygen atoms in total. The lowest BCUT2D eigenvalue weighted by Crippen LogP contribution is -2.40. The number of ether oxygens (including phenoxy) is 1. The molecule has 2 aromatic rings. The summed E-state index contributed by atoms with van der Waals surface area (Å²) in [6.45, 7) is 4.53. The van der Waals surface area contributed by atoms with Gasteiger partial charge in [-0.25, -0.2) is 0 Å². The zero-order valence-electron chi connectivity index (χ0n) is 16.0. The normalized spacial score (nSPS) is 25.0. The predicted molar refractivity (Wildman–Crippen MR) is 108 cm³/mol. The van der Waals surface area contributed by atoms with E-state index in [9.17, 15) is 4.79 Å². The molecule has 0 radical (unpaired) electrons. The fourth-order valence-electron chi connectivity index (χ4n) is 4.51. The zero-order chi connectivity index (χ0) is 18.1. The average Bonchev–Trinajstić information content (AvgIpc) is 3.19. The van der Waals surface area contributed by atoms with Crippen LogP contribution in [-0.4, -0.2) is 24.6 Å². The number of amides is 1. The van der Waals surface area contributed by atoms with E-state index in [1.54, 1.807) is 0 Å². The van der Waals surface area contributed by atoms with Gasteiger partial charge in [-0.3, -0.25) is 4.79 Å². The Morgan fingerprint density at radius 2 is 2.07 bits per heavy atom. The van der Waals surface area contributed by atoms with Crippen molar-refractivity contribution in [3.8, 4) is 5.75 Å². The van der Waals surface area contributed by atoms with Gasteiger partial charge in [-0.05, 0) is 57.6 Å². The molecule has 2 aliphatic rings. The summed E-state index contributed by atoms with van der Waals surface area (Å²) >= 11 is 0. The molecule has 27 heavy (non-hydrogen) atoms. The summed E-state index contributed by atoms with van der Waals surface area (Å²) in [4.78, 5) is 12.5. The van der Waals surface area contributed by atoms with Crippen molar-refractivity contribution in [1.29, 1.82) is 0 Å². The number of halogens is 1. The number of benzene rings is 1. The van der Waals surface area contributed by atoms with Crippen LogP contribution in [0.2, 0.25) is 0 Å². The number of carbonyl (C=O) groups is 1. The summed E-state index contributed by atoms with van der Waals surface area (Å²) in [5.74, 6) is 2.14. The molecule has 4 rings (SSSR count). The van der Waals surface area contributed by atoms with E-state index >= 15 is 0 Å². The van der Waals surface area contributed by atoms with E-state index in [4.69, 9.17) is 9.15 Å². The van der Waals surface area contributed by atoms with Crippen molar-refractivity contribution in [3.63, 3.8) is 0 Å². The fourth-order valence-corrected chi connectivity index (χ4v) is 4.51. The van der Waals surface area contributed by atoms with Crippen LogP contribution in [0.5, 0.6) is 5.75 Å². The van der Waals surface area contributed by atoms with Gasteiger partial charge in [-0.2, -0.15) is 0 Å². The van der Waals surface area contributed by atoms with Gasteiger partial charge in [0.1, 0.15) is 5.76 Å². The maximum atomic E-state index is 12.5. The first-order valence-electron chi connectivity index (χ1n) is 9.83. The van der Waals surface area contributed by atoms with E-state index in [1.165, 1.54) is 12.8 Å². The number of fused-ring (bicyclic) bond motifs is 3. The van der Waals surface area contributed by atoms with Crippen molar-refractivity contribution >= 4 is 29.3 Å². The number of hydrogen-bond acceptors (Lipinski definition) is 4. The van der Waals surface area contributed by atoms with Gasteiger partial charge in [0, 0.05) is 23.9 Å². The van der Waals surface area contributed by atoms with Crippen LogP contribution in [0.25, 0.3) is 11.0 Å². The van der Waals surface area contributed by atoms with E-state index < -0.39 is 0 Å². The molecular weight excluding hydrogens is 364 g/mol. The molecule has 2 bridgehead atoms. The predicted octanol–water partition coefficient (Wildman–Crippen LogP) is 4.35. The Morgan fingerprint density at radius 3 is 2.78 bits per heavy atom. The lowest BCUT2D eigenvalue weighted by atomic mass is 9.89. The fraction of sp³-hybridized carbons (Fsp3) is 0.571. The summed E-state index contributed by atoms with van der Waals surface area (Å²) in [7, 11) is 0. The van der Waals surface area contributed by atoms with Crippen LogP contribution >= 0.6 is 12.4 Å². The SMILES string of the molecule is CCOc1cccc2cc(C(C)NC(=O)CC3CC4CCC(C3)N4)oc12.Cl. The molecule has 2 aliphatic heterocycles. The van der Waals surface area contributed by atoms with Crippen LogP contribution in [0, 0.1) is 5.92 Å². The molecule has 2 N–H and O–H groups in total. The first-order valence-corrected chi connectivity index (χ1v) is 9.83. The van der Waals surface area contributed by atoms with Crippen molar-refractivity contribution in [3.05, 3.63) is 30.0 Å². The van der Waals surface area contributed by atoms with Crippen molar-refractivity contribution in [2.45, 2.75) is 64.1 Å². The highest BCUT2D eigenvalue weighted by molar-refractivity contribution is 5.85. The Balaban J connectivity index is 0.00000210. The first kappa shape index (κ1) is 20.0. The lowest BCUT2D eigenvalue weighted by molar-refractivity contribution is -0.123. The van der Waals surface area contributed by atoms with Gasteiger partial charge in [0.15, 0.2) is 11.3 Å². The third-order valence-electron chi connectivity index (χ3n) is 5.68. The van der Waals surface area contributed by atoms with Crippen molar-refractivity contribution in [1.82, 2.24) is 10.6 Å². The Bertz CT molecular complexity index is 779. The second kappa shape index (κ2) is 8.53. The molecule has 2 saturated heterocycles. The van der Waals surface area contributed by atoms with Gasteiger partial charge in [0.25, 0.3) is 0 Å². The highest BCUT2D eigenvalue weighted by Gasteiger charge is 2.34.